The highest BCUT2D eigenvalue weighted by Crippen LogP contribution is 2.35. The zero-order chi connectivity index (χ0) is 23.8. The third kappa shape index (κ3) is 4.37. The van der Waals surface area contributed by atoms with Gasteiger partial charge >= 0.3 is 5.92 Å². The van der Waals surface area contributed by atoms with Crippen LogP contribution in [0.1, 0.15) is 28.7 Å². The fraction of sp³-hybridized carbons (Fsp3) is 0.238. The molecule has 0 aliphatic rings. The lowest BCUT2D eigenvalue weighted by Gasteiger charge is -2.17. The summed E-state index contributed by atoms with van der Waals surface area (Å²) in [4.78, 5) is 14.6. The number of aliphatic hydroxyl groups excluding tert-OH is 1. The molecule has 3 N–H and O–H groups in total. The van der Waals surface area contributed by atoms with E-state index in [1.165, 1.54) is 12.3 Å². The van der Waals surface area contributed by atoms with Crippen LogP contribution in [-0.4, -0.2) is 42.4 Å². The van der Waals surface area contributed by atoms with Crippen LogP contribution in [-0.2, 0) is 17.8 Å². The molecule has 0 radical (unpaired) electrons. The fourth-order valence-electron chi connectivity index (χ4n) is 3.24. The Morgan fingerprint density at radius 2 is 1.94 bits per heavy atom. The lowest BCUT2D eigenvalue weighted by atomic mass is 10.1. The summed E-state index contributed by atoms with van der Waals surface area (Å²) in [5, 5.41) is 23.8. The Bertz CT molecular complexity index is 1280. The number of amides is 1. The van der Waals surface area contributed by atoms with E-state index in [4.69, 9.17) is 0 Å². The highest BCUT2D eigenvalue weighted by Gasteiger charge is 2.39. The van der Waals surface area contributed by atoms with Crippen LogP contribution < -0.4 is 10.6 Å². The number of hydrogen-bond acceptors (Lipinski definition) is 6. The third-order valence-corrected chi connectivity index (χ3v) is 5.11. The summed E-state index contributed by atoms with van der Waals surface area (Å²) >= 11 is 0. The van der Waals surface area contributed by atoms with Crippen molar-refractivity contribution in [2.45, 2.75) is 19.0 Å². The van der Waals surface area contributed by atoms with Gasteiger partial charge in [0.1, 0.15) is 11.3 Å². The number of alkyl halides is 2. The molecule has 0 aliphatic heterocycles. The Kier molecular flexibility index (Phi) is 5.77. The second kappa shape index (κ2) is 8.54. The maximum Gasteiger partial charge on any atom is 0.333 e. The highest BCUT2D eigenvalue weighted by molar-refractivity contribution is 5.73. The number of halogens is 3. The van der Waals surface area contributed by atoms with Crippen LogP contribution in [0.2, 0.25) is 0 Å². The van der Waals surface area contributed by atoms with Gasteiger partial charge in [-0.15, -0.1) is 5.10 Å². The van der Waals surface area contributed by atoms with E-state index in [-0.39, 0.29) is 12.4 Å². The first kappa shape index (κ1) is 22.3. The normalized spacial score (nSPS) is 12.7. The Labute approximate surface area is 185 Å². The lowest BCUT2D eigenvalue weighted by Crippen LogP contribution is -2.21. The number of carbonyl (C=O) groups excluding carboxylic acids is 1. The van der Waals surface area contributed by atoms with Crippen LogP contribution in [0.4, 0.5) is 24.8 Å². The Hall–Kier alpha value is -3.93. The highest BCUT2D eigenvalue weighted by atomic mass is 19.3. The Morgan fingerprint density at radius 3 is 2.58 bits per heavy atom. The quantitative estimate of drug-likeness (QED) is 0.350. The van der Waals surface area contributed by atoms with Crippen LogP contribution in [0, 0.1) is 12.7 Å². The molecule has 1 amide bonds. The van der Waals surface area contributed by atoms with Crippen LogP contribution in [0.3, 0.4) is 0 Å². The maximum absolute atomic E-state index is 15.3. The summed E-state index contributed by atoms with van der Waals surface area (Å²) in [6.45, 7) is 1.75. The van der Waals surface area contributed by atoms with Gasteiger partial charge in [-0.2, -0.15) is 13.9 Å². The summed E-state index contributed by atoms with van der Waals surface area (Å²) in [5.41, 5.74) is 0.981. The number of carbonyl (C=O) groups is 1. The first-order chi connectivity index (χ1) is 15.7. The monoisotopic (exact) mass is 459 g/mol. The molecule has 172 valence electrons. The number of aliphatic hydroxyl groups is 1. The number of aromatic nitrogens is 5. The molecule has 3 heterocycles. The van der Waals surface area contributed by atoms with Gasteiger partial charge in [-0.05, 0) is 37.3 Å². The van der Waals surface area contributed by atoms with Crippen molar-refractivity contribution in [3.63, 3.8) is 0 Å². The molecule has 33 heavy (non-hydrogen) atoms. The van der Waals surface area contributed by atoms with Crippen molar-refractivity contribution in [2.75, 3.05) is 11.9 Å². The van der Waals surface area contributed by atoms with E-state index in [0.717, 1.165) is 34.5 Å². The zero-order valence-corrected chi connectivity index (χ0v) is 17.6. The minimum Gasteiger partial charge on any atom is -0.387 e. The van der Waals surface area contributed by atoms with Crippen molar-refractivity contribution < 1.29 is 23.1 Å². The Balaban J connectivity index is 1.83. The van der Waals surface area contributed by atoms with Gasteiger partial charge in [-0.25, -0.2) is 13.9 Å². The van der Waals surface area contributed by atoms with Crippen LogP contribution in [0.25, 0.3) is 5.52 Å². The number of hydrogen-bond donors (Lipinski definition) is 3. The first-order valence-corrected chi connectivity index (χ1v) is 9.86. The van der Waals surface area contributed by atoms with Gasteiger partial charge in [0, 0.05) is 42.7 Å². The van der Waals surface area contributed by atoms with Gasteiger partial charge in [0.25, 0.3) is 0 Å². The molecule has 1 unspecified atom stereocenters. The summed E-state index contributed by atoms with van der Waals surface area (Å²) in [6, 6.07) is 7.03. The number of anilines is 2. The van der Waals surface area contributed by atoms with Crippen molar-refractivity contribution in [1.82, 2.24) is 29.7 Å². The number of fused-ring (bicyclic) bond motifs is 1. The standard InChI is InChI=1S/C21H20F3N7O2/c1-12-7-18(28-30(12)2)26-19-16-8-13(17(33)9-25-11-32)10-31(16)29-20(27-19)21(23,24)14-3-5-15(22)6-4-14/h3-8,10-11,17,33H,9H2,1-2H3,(H,25,32)(H,26,27,28,29). The number of nitrogens with one attached hydrogen (secondary N) is 2. The topological polar surface area (TPSA) is 109 Å². The SMILES string of the molecule is Cc1cc(Nc2nc(C(F)(F)c3ccc(F)cc3)nn3cc(C(O)CNC=O)cc23)nn1C. The van der Waals surface area contributed by atoms with Crippen molar-refractivity contribution in [1.29, 1.82) is 0 Å². The molecule has 0 saturated heterocycles. The summed E-state index contributed by atoms with van der Waals surface area (Å²) < 4.78 is 46.5. The molecular weight excluding hydrogens is 439 g/mol. The van der Waals surface area contributed by atoms with Gasteiger partial charge in [-0.1, -0.05) is 0 Å². The predicted molar refractivity (Wildman–Crippen MR) is 113 cm³/mol. The van der Waals surface area contributed by atoms with Crippen molar-refractivity contribution in [3.8, 4) is 0 Å². The Morgan fingerprint density at radius 1 is 1.21 bits per heavy atom. The van der Waals surface area contributed by atoms with Gasteiger partial charge in [0.15, 0.2) is 11.6 Å². The largest absolute Gasteiger partial charge is 0.387 e. The minimum absolute atomic E-state index is 0.0293. The van der Waals surface area contributed by atoms with Crippen LogP contribution >= 0.6 is 0 Å². The van der Waals surface area contributed by atoms with E-state index < -0.39 is 29.2 Å². The molecule has 4 aromatic rings. The second-order valence-corrected chi connectivity index (χ2v) is 7.43. The van der Waals surface area contributed by atoms with Gasteiger partial charge in [0.05, 0.1) is 6.10 Å². The molecule has 1 atom stereocenters. The van der Waals surface area contributed by atoms with Crippen LogP contribution in [0.15, 0.2) is 42.6 Å². The van der Waals surface area contributed by atoms with Gasteiger partial charge in [0.2, 0.25) is 12.2 Å². The van der Waals surface area contributed by atoms with Crippen molar-refractivity contribution in [2.24, 2.45) is 7.05 Å². The first-order valence-electron chi connectivity index (χ1n) is 9.86. The molecule has 9 nitrogen and oxygen atoms in total. The van der Waals surface area contributed by atoms with E-state index in [1.807, 2.05) is 6.92 Å². The summed E-state index contributed by atoms with van der Waals surface area (Å²) in [6.07, 6.45) is 0.715. The third-order valence-electron chi connectivity index (χ3n) is 5.11. The summed E-state index contributed by atoms with van der Waals surface area (Å²) in [7, 11) is 1.73. The van der Waals surface area contributed by atoms with Gasteiger partial charge in [-0.3, -0.25) is 9.48 Å². The number of benzene rings is 1. The zero-order valence-electron chi connectivity index (χ0n) is 17.6. The van der Waals surface area contributed by atoms with Crippen molar-refractivity contribution >= 4 is 23.6 Å². The molecule has 12 heteroatoms. The van der Waals surface area contributed by atoms with Crippen molar-refractivity contribution in [3.05, 3.63) is 71.1 Å². The van der Waals surface area contributed by atoms with E-state index in [2.05, 4.69) is 25.8 Å². The van der Waals surface area contributed by atoms with Gasteiger partial charge < -0.3 is 15.7 Å². The molecule has 3 aromatic heterocycles. The molecule has 0 saturated carbocycles. The van der Waals surface area contributed by atoms with Crippen LogP contribution in [0.5, 0.6) is 0 Å². The molecular formula is C21H20F3N7O2. The molecule has 0 bridgehead atoms. The smallest absolute Gasteiger partial charge is 0.333 e. The number of rotatable bonds is 8. The lowest BCUT2D eigenvalue weighted by molar-refractivity contribution is -0.110. The molecule has 0 aliphatic carbocycles. The second-order valence-electron chi connectivity index (χ2n) is 7.43. The van der Waals surface area contributed by atoms with E-state index in [1.54, 1.807) is 17.8 Å². The van der Waals surface area contributed by atoms with E-state index >= 15 is 8.78 Å². The number of nitrogens with zero attached hydrogens (tertiary/aromatic N) is 5. The summed E-state index contributed by atoms with van der Waals surface area (Å²) in [5.74, 6) is -4.72. The molecule has 0 spiro atoms. The fourth-order valence-corrected chi connectivity index (χ4v) is 3.24. The van der Waals surface area contributed by atoms with E-state index in [0.29, 0.717) is 23.3 Å². The number of aryl methyl sites for hydroxylation is 2. The average Bonchev–Trinajstić information content (AvgIpc) is 3.35. The molecule has 4 rings (SSSR count). The molecule has 0 fully saturated rings. The maximum atomic E-state index is 15.3. The van der Waals surface area contributed by atoms with E-state index in [9.17, 15) is 14.3 Å². The molecule has 1 aromatic carbocycles. The minimum atomic E-state index is -3.64. The predicted octanol–water partition coefficient (Wildman–Crippen LogP) is 2.57. The average molecular weight is 459 g/mol.